The summed E-state index contributed by atoms with van der Waals surface area (Å²) in [6, 6.07) is 0.503. The summed E-state index contributed by atoms with van der Waals surface area (Å²) < 4.78 is 2.71. The molecule has 2 amide bonds. The number of amides is 2. The van der Waals surface area contributed by atoms with Crippen LogP contribution in [0.3, 0.4) is 0 Å². The van der Waals surface area contributed by atoms with Gasteiger partial charge in [0.15, 0.2) is 5.82 Å². The first-order valence-electron chi connectivity index (χ1n) is 7.86. The van der Waals surface area contributed by atoms with Crippen LogP contribution in [-0.2, 0) is 0 Å². The molecular formula is C15H19BrN6O. The minimum absolute atomic E-state index is 0.132. The average Bonchev–Trinajstić information content (AvgIpc) is 2.89. The number of nitrogens with two attached hydrogens (primary N) is 1. The van der Waals surface area contributed by atoms with Crippen LogP contribution in [0.25, 0.3) is 5.52 Å². The van der Waals surface area contributed by atoms with E-state index in [-0.39, 0.29) is 11.9 Å². The van der Waals surface area contributed by atoms with Crippen molar-refractivity contribution < 1.29 is 4.79 Å². The summed E-state index contributed by atoms with van der Waals surface area (Å²) in [6.45, 7) is 1.56. The number of hydrogen-bond acceptors (Lipinski definition) is 4. The fourth-order valence-corrected chi connectivity index (χ4v) is 4.34. The number of anilines is 1. The second-order valence-corrected chi connectivity index (χ2v) is 7.12. The summed E-state index contributed by atoms with van der Waals surface area (Å²) in [4.78, 5) is 25.1. The zero-order valence-corrected chi connectivity index (χ0v) is 14.5. The molecule has 2 fully saturated rings. The van der Waals surface area contributed by atoms with Crippen LogP contribution in [-0.4, -0.2) is 56.4 Å². The fourth-order valence-electron chi connectivity index (χ4n) is 3.76. The number of nitrogens with zero attached hydrogens (tertiary/aromatic N) is 5. The number of fused-ring (bicyclic) bond motifs is 2. The van der Waals surface area contributed by atoms with E-state index in [1.54, 1.807) is 11.1 Å². The number of urea groups is 1. The van der Waals surface area contributed by atoms with Gasteiger partial charge in [-0.3, -0.25) is 4.40 Å². The smallest absolute Gasteiger partial charge is 0.320 e. The summed E-state index contributed by atoms with van der Waals surface area (Å²) in [5.41, 5.74) is 6.77. The zero-order valence-electron chi connectivity index (χ0n) is 12.9. The Hall–Kier alpha value is -1.83. The molecule has 2 atom stereocenters. The molecule has 0 aliphatic carbocycles. The van der Waals surface area contributed by atoms with Crippen molar-refractivity contribution >= 4 is 33.3 Å². The molecule has 122 valence electrons. The maximum absolute atomic E-state index is 12.4. The number of nitrogen functional groups attached to an aromatic ring is 1. The molecule has 0 saturated carbocycles. The van der Waals surface area contributed by atoms with Crippen LogP contribution in [0.15, 0.2) is 17.0 Å². The van der Waals surface area contributed by atoms with E-state index < -0.39 is 0 Å². The Labute approximate surface area is 142 Å². The van der Waals surface area contributed by atoms with E-state index >= 15 is 0 Å². The van der Waals surface area contributed by atoms with Crippen molar-refractivity contribution in [2.45, 2.75) is 31.2 Å². The van der Waals surface area contributed by atoms with Crippen LogP contribution < -0.4 is 5.73 Å². The number of carbonyl (C=O) groups excluding carboxylic acids is 1. The van der Waals surface area contributed by atoms with Gasteiger partial charge in [0, 0.05) is 44.5 Å². The number of piperidine rings is 1. The van der Waals surface area contributed by atoms with E-state index in [1.807, 2.05) is 22.5 Å². The third kappa shape index (κ3) is 2.27. The topological polar surface area (TPSA) is 79.8 Å². The van der Waals surface area contributed by atoms with Gasteiger partial charge < -0.3 is 15.5 Å². The molecule has 4 heterocycles. The van der Waals surface area contributed by atoms with Gasteiger partial charge in [-0.05, 0) is 35.2 Å². The fraction of sp³-hybridized carbons (Fsp3) is 0.533. The molecular weight excluding hydrogens is 360 g/mol. The second-order valence-electron chi connectivity index (χ2n) is 6.37. The molecule has 4 rings (SSSR count). The Bertz CT molecular complexity index is 775. The number of hydrogen-bond donors (Lipinski definition) is 1. The van der Waals surface area contributed by atoms with Crippen molar-refractivity contribution in [3.63, 3.8) is 0 Å². The van der Waals surface area contributed by atoms with Crippen molar-refractivity contribution in [1.82, 2.24) is 24.2 Å². The van der Waals surface area contributed by atoms with Gasteiger partial charge >= 0.3 is 6.03 Å². The predicted octanol–water partition coefficient (Wildman–Crippen LogP) is 2.08. The maximum atomic E-state index is 12.4. The molecule has 2 aromatic heterocycles. The number of rotatable bonds is 1. The Morgan fingerprint density at radius 1 is 1.35 bits per heavy atom. The summed E-state index contributed by atoms with van der Waals surface area (Å²) in [6.07, 6.45) is 6.68. The van der Waals surface area contributed by atoms with Gasteiger partial charge in [-0.2, -0.15) is 0 Å². The van der Waals surface area contributed by atoms with E-state index in [0.29, 0.717) is 23.0 Å². The molecule has 2 aliphatic heterocycles. The number of aromatic nitrogens is 3. The molecule has 0 spiro atoms. The monoisotopic (exact) mass is 378 g/mol. The van der Waals surface area contributed by atoms with Crippen LogP contribution >= 0.6 is 15.9 Å². The summed E-state index contributed by atoms with van der Waals surface area (Å²) in [5, 5.41) is 0. The predicted molar refractivity (Wildman–Crippen MR) is 90.2 cm³/mol. The standard InChI is InChI=1S/C15H19BrN6O/c1-20-6-4-10-3-2-9(8-22(10)15(20)23)14-19-12(16)11-13(17)18-5-7-21(11)14/h5,7,9-10H,2-4,6,8H2,1H3,(H2,17,18)/t9-,10+/m1/s1. The lowest BCUT2D eigenvalue weighted by Gasteiger charge is -2.45. The van der Waals surface area contributed by atoms with Crippen molar-refractivity contribution in [2.75, 3.05) is 25.9 Å². The summed E-state index contributed by atoms with van der Waals surface area (Å²) in [7, 11) is 1.87. The van der Waals surface area contributed by atoms with Crippen LogP contribution in [0.4, 0.5) is 10.6 Å². The summed E-state index contributed by atoms with van der Waals surface area (Å²) >= 11 is 3.48. The molecule has 0 radical (unpaired) electrons. The second kappa shape index (κ2) is 5.36. The van der Waals surface area contributed by atoms with Gasteiger partial charge in [-0.15, -0.1) is 0 Å². The first-order valence-corrected chi connectivity index (χ1v) is 8.65. The van der Waals surface area contributed by atoms with Crippen molar-refractivity contribution in [3.05, 3.63) is 22.8 Å². The highest BCUT2D eigenvalue weighted by Crippen LogP contribution is 2.35. The molecule has 2 aromatic rings. The minimum Gasteiger partial charge on any atom is -0.382 e. The highest BCUT2D eigenvalue weighted by atomic mass is 79.9. The molecule has 2 aliphatic rings. The normalized spacial score (nSPS) is 25.0. The molecule has 0 aromatic carbocycles. The van der Waals surface area contributed by atoms with Gasteiger partial charge in [0.05, 0.1) is 0 Å². The van der Waals surface area contributed by atoms with E-state index in [9.17, 15) is 4.79 Å². The van der Waals surface area contributed by atoms with E-state index in [1.165, 1.54) is 0 Å². The molecule has 0 unspecified atom stereocenters. The van der Waals surface area contributed by atoms with E-state index in [4.69, 9.17) is 5.73 Å². The molecule has 0 bridgehead atoms. The van der Waals surface area contributed by atoms with Crippen molar-refractivity contribution in [1.29, 1.82) is 0 Å². The third-order valence-electron chi connectivity index (χ3n) is 5.01. The molecule has 23 heavy (non-hydrogen) atoms. The highest BCUT2D eigenvalue weighted by molar-refractivity contribution is 9.10. The zero-order chi connectivity index (χ0) is 16.1. The Balaban J connectivity index is 1.69. The first-order chi connectivity index (χ1) is 11.1. The Kier molecular flexibility index (Phi) is 3.44. The SMILES string of the molecule is CN1CC[C@@H]2CC[C@@H](c3nc(Br)c4c(N)nccn34)CN2C1=O. The van der Waals surface area contributed by atoms with Gasteiger partial charge in [0.25, 0.3) is 0 Å². The lowest BCUT2D eigenvalue weighted by Crippen LogP contribution is -2.56. The Morgan fingerprint density at radius 3 is 3.00 bits per heavy atom. The molecule has 8 heteroatoms. The average molecular weight is 379 g/mol. The van der Waals surface area contributed by atoms with Crippen molar-refractivity contribution in [3.8, 4) is 0 Å². The third-order valence-corrected chi connectivity index (χ3v) is 5.56. The van der Waals surface area contributed by atoms with Crippen LogP contribution in [0.1, 0.15) is 31.0 Å². The van der Waals surface area contributed by atoms with Gasteiger partial charge in [0.2, 0.25) is 0 Å². The van der Waals surface area contributed by atoms with Gasteiger partial charge in [-0.25, -0.2) is 14.8 Å². The van der Waals surface area contributed by atoms with Gasteiger partial charge in [-0.1, -0.05) is 0 Å². The van der Waals surface area contributed by atoms with Crippen molar-refractivity contribution in [2.24, 2.45) is 0 Å². The molecule has 2 N–H and O–H groups in total. The minimum atomic E-state index is 0.132. The maximum Gasteiger partial charge on any atom is 0.320 e. The van der Waals surface area contributed by atoms with Crippen LogP contribution in [0, 0.1) is 0 Å². The number of halogens is 1. The highest BCUT2D eigenvalue weighted by Gasteiger charge is 2.38. The lowest BCUT2D eigenvalue weighted by atomic mass is 9.89. The largest absolute Gasteiger partial charge is 0.382 e. The lowest BCUT2D eigenvalue weighted by molar-refractivity contribution is 0.0805. The quantitative estimate of drug-likeness (QED) is 0.823. The number of carbonyl (C=O) groups is 1. The molecule has 7 nitrogen and oxygen atoms in total. The van der Waals surface area contributed by atoms with E-state index in [2.05, 4.69) is 25.9 Å². The van der Waals surface area contributed by atoms with E-state index in [0.717, 1.165) is 37.1 Å². The summed E-state index contributed by atoms with van der Waals surface area (Å²) in [5.74, 6) is 1.61. The number of imidazole rings is 1. The van der Waals surface area contributed by atoms with Gasteiger partial charge in [0.1, 0.15) is 15.9 Å². The first kappa shape index (κ1) is 14.7. The molecule has 2 saturated heterocycles. The Morgan fingerprint density at radius 2 is 2.17 bits per heavy atom. The van der Waals surface area contributed by atoms with Crippen LogP contribution in [0.2, 0.25) is 0 Å². The van der Waals surface area contributed by atoms with Crippen LogP contribution in [0.5, 0.6) is 0 Å².